The lowest BCUT2D eigenvalue weighted by Crippen LogP contribution is -2.42. The topological polar surface area (TPSA) is 37.4 Å². The Morgan fingerprint density at radius 3 is 2.53 bits per heavy atom. The molecule has 0 aromatic heterocycles. The molecule has 2 fully saturated rings. The normalized spacial score (nSPS) is 44.5. The molecule has 1 aliphatic heterocycles. The first-order valence-corrected chi connectivity index (χ1v) is 7.01. The molecule has 0 radical (unpaired) electrons. The summed E-state index contributed by atoms with van der Waals surface area (Å²) in [6.45, 7) is 4.68. The molecule has 17 heavy (non-hydrogen) atoms. The van der Waals surface area contributed by atoms with Crippen LogP contribution in [-0.2, 0) is 15.8 Å². The van der Waals surface area contributed by atoms with Gasteiger partial charge in [-0.15, -0.1) is 0 Å². The Hall–Kier alpha value is -0.520. The minimum Gasteiger partial charge on any atom is -0.274 e. The number of amides is 1. The van der Waals surface area contributed by atoms with Crippen molar-refractivity contribution >= 4 is 16.9 Å². The second-order valence-electron chi connectivity index (χ2n) is 5.17. The molecule has 0 N–H and O–H groups in total. The molecule has 2 rings (SSSR count). The van der Waals surface area contributed by atoms with Crippen molar-refractivity contribution in [2.45, 2.75) is 50.8 Å². The van der Waals surface area contributed by atoms with E-state index < -0.39 is 28.1 Å². The molecule has 4 unspecified atom stereocenters. The molecule has 5 atom stereocenters. The fourth-order valence-corrected chi connectivity index (χ4v) is 5.01. The van der Waals surface area contributed by atoms with E-state index in [9.17, 15) is 17.8 Å². The van der Waals surface area contributed by atoms with Crippen LogP contribution in [0.2, 0.25) is 0 Å². The van der Waals surface area contributed by atoms with Crippen LogP contribution in [0.25, 0.3) is 0 Å². The largest absolute Gasteiger partial charge is 0.274 e. The van der Waals surface area contributed by atoms with E-state index in [1.165, 1.54) is 18.2 Å². The zero-order valence-electron chi connectivity index (χ0n) is 10.2. The van der Waals surface area contributed by atoms with Gasteiger partial charge >= 0.3 is 0 Å². The van der Waals surface area contributed by atoms with Gasteiger partial charge in [-0.25, -0.2) is 13.0 Å². The summed E-state index contributed by atoms with van der Waals surface area (Å²) in [4.78, 5) is 11.4. The molecule has 1 saturated heterocycles. The fraction of sp³-hybridized carbons (Fsp3) is 0.909. The Labute approximate surface area is 102 Å². The van der Waals surface area contributed by atoms with Crippen molar-refractivity contribution < 1.29 is 17.8 Å². The minimum atomic E-state index is -2.76. The number of rotatable bonds is 0. The lowest BCUT2D eigenvalue weighted by Gasteiger charge is -2.36. The molecule has 3 nitrogen and oxygen atoms in total. The van der Waals surface area contributed by atoms with Crippen molar-refractivity contribution in [1.82, 2.24) is 4.31 Å². The van der Waals surface area contributed by atoms with Gasteiger partial charge in [0.2, 0.25) is 5.91 Å². The SMILES string of the molecule is CC(=O)N1C(C)C2C[C@@H](C)C(F)(F)CC2S1=O. The lowest BCUT2D eigenvalue weighted by molar-refractivity contribution is -0.126. The van der Waals surface area contributed by atoms with Crippen molar-refractivity contribution in [2.24, 2.45) is 11.8 Å². The van der Waals surface area contributed by atoms with E-state index in [0.29, 0.717) is 6.42 Å². The highest BCUT2D eigenvalue weighted by molar-refractivity contribution is 7.84. The Bertz CT molecular complexity index is 374. The van der Waals surface area contributed by atoms with Gasteiger partial charge in [-0.3, -0.25) is 9.10 Å². The van der Waals surface area contributed by atoms with Crippen molar-refractivity contribution in [1.29, 1.82) is 0 Å². The Balaban J connectivity index is 2.29. The van der Waals surface area contributed by atoms with E-state index in [2.05, 4.69) is 0 Å². The summed E-state index contributed by atoms with van der Waals surface area (Å²) in [6.07, 6.45) is -0.0199. The predicted octanol–water partition coefficient (Wildman–Crippen LogP) is 1.95. The van der Waals surface area contributed by atoms with Gasteiger partial charge in [0.05, 0.1) is 5.25 Å². The van der Waals surface area contributed by atoms with Gasteiger partial charge in [0.25, 0.3) is 5.92 Å². The third-order valence-corrected chi connectivity index (χ3v) is 6.06. The van der Waals surface area contributed by atoms with E-state index >= 15 is 0 Å². The third kappa shape index (κ3) is 1.90. The fourth-order valence-electron chi connectivity index (χ4n) is 2.98. The maximum absolute atomic E-state index is 13.6. The molecule has 6 heteroatoms. The number of carbonyl (C=O) groups excluding carboxylic acids is 1. The number of nitrogens with zero attached hydrogens (tertiary/aromatic N) is 1. The van der Waals surface area contributed by atoms with Crippen molar-refractivity contribution in [3.8, 4) is 0 Å². The lowest BCUT2D eigenvalue weighted by atomic mass is 9.76. The van der Waals surface area contributed by atoms with Gasteiger partial charge in [0.15, 0.2) is 0 Å². The Morgan fingerprint density at radius 1 is 1.41 bits per heavy atom. The quantitative estimate of drug-likeness (QED) is 0.671. The van der Waals surface area contributed by atoms with E-state index in [4.69, 9.17) is 0 Å². The molecular formula is C11H17F2NO2S. The minimum absolute atomic E-state index is 0.0608. The van der Waals surface area contributed by atoms with Crippen molar-refractivity contribution in [3.05, 3.63) is 0 Å². The number of halogens is 2. The summed E-state index contributed by atoms with van der Waals surface area (Å²) in [5.74, 6) is -3.81. The maximum Gasteiger partial charge on any atom is 0.251 e. The van der Waals surface area contributed by atoms with E-state index in [1.807, 2.05) is 0 Å². The van der Waals surface area contributed by atoms with Crippen LogP contribution >= 0.6 is 0 Å². The zero-order valence-corrected chi connectivity index (χ0v) is 11.0. The number of carbonyl (C=O) groups is 1. The highest BCUT2D eigenvalue weighted by Gasteiger charge is 2.56. The van der Waals surface area contributed by atoms with Gasteiger partial charge in [0.1, 0.15) is 11.0 Å². The number of hydrogen-bond acceptors (Lipinski definition) is 2. The molecule has 98 valence electrons. The van der Waals surface area contributed by atoms with Gasteiger partial charge in [-0.1, -0.05) is 6.92 Å². The van der Waals surface area contributed by atoms with Gasteiger partial charge in [-0.05, 0) is 19.3 Å². The molecular weight excluding hydrogens is 248 g/mol. The molecule has 0 aromatic rings. The highest BCUT2D eigenvalue weighted by atomic mass is 32.2. The zero-order chi connectivity index (χ0) is 13.0. The summed E-state index contributed by atoms with van der Waals surface area (Å²) in [6, 6.07) is -0.197. The molecule has 1 heterocycles. The average Bonchev–Trinajstić information content (AvgIpc) is 2.41. The van der Waals surface area contributed by atoms with E-state index in [1.54, 1.807) is 6.92 Å². The van der Waals surface area contributed by atoms with Crippen molar-refractivity contribution in [2.75, 3.05) is 0 Å². The molecule has 0 aromatic carbocycles. The summed E-state index contributed by atoms with van der Waals surface area (Å²) >= 11 is 0. The Kier molecular flexibility index (Phi) is 3.04. The van der Waals surface area contributed by atoms with Gasteiger partial charge < -0.3 is 0 Å². The van der Waals surface area contributed by atoms with Crippen LogP contribution in [-0.4, -0.2) is 31.6 Å². The van der Waals surface area contributed by atoms with Crippen LogP contribution < -0.4 is 0 Å². The summed E-state index contributed by atoms with van der Waals surface area (Å²) < 4.78 is 40.6. The first kappa shape index (κ1) is 12.9. The molecule has 0 spiro atoms. The number of hydrogen-bond donors (Lipinski definition) is 0. The molecule has 2 aliphatic rings. The second kappa shape index (κ2) is 4.00. The van der Waals surface area contributed by atoms with Crippen LogP contribution in [0.1, 0.15) is 33.6 Å². The molecule has 0 bridgehead atoms. The van der Waals surface area contributed by atoms with Crippen LogP contribution in [0.5, 0.6) is 0 Å². The van der Waals surface area contributed by atoms with Crippen molar-refractivity contribution in [3.63, 3.8) is 0 Å². The summed E-state index contributed by atoms with van der Waals surface area (Å²) in [7, 11) is -1.60. The van der Waals surface area contributed by atoms with E-state index in [0.717, 1.165) is 0 Å². The first-order chi connectivity index (χ1) is 7.75. The molecule has 1 saturated carbocycles. The average molecular weight is 265 g/mol. The monoisotopic (exact) mass is 265 g/mol. The number of fused-ring (bicyclic) bond motifs is 1. The number of alkyl halides is 2. The van der Waals surface area contributed by atoms with E-state index in [-0.39, 0.29) is 24.3 Å². The first-order valence-electron chi connectivity index (χ1n) is 5.84. The van der Waals surface area contributed by atoms with Gasteiger partial charge in [-0.2, -0.15) is 0 Å². The predicted molar refractivity (Wildman–Crippen MR) is 60.7 cm³/mol. The summed E-state index contributed by atoms with van der Waals surface area (Å²) in [5, 5.41) is -0.569. The second-order valence-corrected chi connectivity index (χ2v) is 6.72. The summed E-state index contributed by atoms with van der Waals surface area (Å²) in [5.41, 5.74) is 0. The van der Waals surface area contributed by atoms with Crippen LogP contribution in [0.15, 0.2) is 0 Å². The molecule has 1 amide bonds. The highest BCUT2D eigenvalue weighted by Crippen LogP contribution is 2.48. The van der Waals surface area contributed by atoms with Gasteiger partial charge in [0, 0.05) is 25.3 Å². The van der Waals surface area contributed by atoms with Crippen LogP contribution in [0, 0.1) is 11.8 Å². The Morgan fingerprint density at radius 2 is 2.00 bits per heavy atom. The maximum atomic E-state index is 13.6. The smallest absolute Gasteiger partial charge is 0.251 e. The van der Waals surface area contributed by atoms with Crippen LogP contribution in [0.4, 0.5) is 8.78 Å². The molecule has 1 aliphatic carbocycles. The van der Waals surface area contributed by atoms with Crippen LogP contribution in [0.3, 0.4) is 0 Å². The standard InChI is InChI=1S/C11H17F2NO2S/c1-6-4-9-7(2)14(8(3)15)17(16)10(9)5-11(6,12)13/h6-7,9-10H,4-5H2,1-3H3/t6-,7?,9?,10?,17?/m1/s1. The third-order valence-electron chi connectivity index (χ3n) is 4.05.